The molecule has 109 heavy (non-hydrogen) atoms. The number of non-ortho nitro benzene ring substituents is 2. The molecule has 558 valence electrons. The van der Waals surface area contributed by atoms with Crippen molar-refractivity contribution in [3.05, 3.63) is 346 Å². The van der Waals surface area contributed by atoms with Gasteiger partial charge < -0.3 is 21.5 Å². The number of nitro benzene ring substituents is 2. The van der Waals surface area contributed by atoms with E-state index in [1.165, 1.54) is 56.7 Å². The van der Waals surface area contributed by atoms with Gasteiger partial charge in [0.1, 0.15) is 27.8 Å². The Labute approximate surface area is 696 Å². The Morgan fingerprint density at radius 3 is 1.44 bits per heavy atom. The van der Waals surface area contributed by atoms with E-state index in [0.29, 0.717) is 65.5 Å². The van der Waals surface area contributed by atoms with E-state index in [0.717, 1.165) is 45.5 Å². The monoisotopic (exact) mass is 1900 g/mol. The Hall–Kier alpha value is -9.17. The van der Waals surface area contributed by atoms with Crippen LogP contribution in [-0.4, -0.2) is 72.1 Å². The second-order valence-corrected chi connectivity index (χ2v) is 30.0. The lowest BCUT2D eigenvalue weighted by Crippen LogP contribution is -2.22. The lowest BCUT2D eigenvalue weighted by Gasteiger charge is -2.13. The number of esters is 1. The van der Waals surface area contributed by atoms with Crippen molar-refractivity contribution < 1.29 is 33.2 Å². The summed E-state index contributed by atoms with van der Waals surface area (Å²) >= 11 is 47.9. The first-order chi connectivity index (χ1) is 52.0. The smallest absolute Gasteiger partial charge is 0.343 e. The van der Waals surface area contributed by atoms with E-state index in [2.05, 4.69) is 106 Å². The standard InChI is InChI=1S/C23H13BrClN5O3.C13H8BrCl2N.C13H9BrClNO.C12H12N4O4.C7H4BrClO.C6H6ClN.Cl2OS/c24-15-6-4-14(5-7-15)21-27-22-20(23(31)28(21)17-10-8-16(25)9-11-17)13-26-29(22)18-2-1-3-19(12-18)30(32)33;14-10-3-1-9(2-4-10)13(16)17-12-7-5-11(15)6-8-12;14-10-3-1-9(2-4-10)13(17)16-12-7-5-11(15)6-8-12;1-2-20-12(17)10-7-14-15(11(10)13)8-4-3-5-9(6-8)16(18)19;8-6-3-1-5(2-4-6)7(9)10;7-5-1-3-6(8)4-2-5;1-4(2)3/h1-13H;1-8H;1-8H,(H,16,17);3-7H,2,13H2,1H3;1-4H;1-4H,8H2;. The fraction of sp³-hybridized carbons (Fsp3) is 0.0270. The molecule has 0 aliphatic heterocycles. The summed E-state index contributed by atoms with van der Waals surface area (Å²) in [5.74, 6) is -0.250. The molecule has 0 fully saturated rings. The number of amides is 1. The van der Waals surface area contributed by atoms with E-state index >= 15 is 0 Å². The molecule has 0 unspecified atom stereocenters. The van der Waals surface area contributed by atoms with Gasteiger partial charge in [0.05, 0.1) is 51.6 Å². The minimum Gasteiger partial charge on any atom is -0.462 e. The SMILES string of the molecule is CCOC(=O)c1cnn(-c2cccc([N+](=O)[O-])c2)c1N.ClC(=Nc1ccc(Cl)cc1)c1ccc(Br)cc1.Nc1ccc(Cl)cc1.O=C(Cl)c1ccc(Br)cc1.O=C(Nc1ccc(Cl)cc1)c1ccc(Br)cc1.O=S(Cl)Cl.O=c1c2cnn(-c3cccc([N+](=O)[O-])c3)c2nc(-c2ccc(Br)cc2)n1-c1ccc(Cl)cc1. The molecule has 22 nitrogen and oxygen atoms in total. The summed E-state index contributed by atoms with van der Waals surface area (Å²) in [4.78, 5) is 77.7. The van der Waals surface area contributed by atoms with Gasteiger partial charge in [0, 0.05) is 117 Å². The van der Waals surface area contributed by atoms with Crippen LogP contribution in [0.4, 0.5) is 34.3 Å². The molecule has 13 rings (SSSR count). The highest BCUT2D eigenvalue weighted by Crippen LogP contribution is 2.29. The first-order valence-corrected chi connectivity index (χ1v) is 39.0. The number of ether oxygens (including phenoxy) is 1. The van der Waals surface area contributed by atoms with E-state index in [4.69, 9.17) is 95.0 Å². The molecule has 1 amide bonds. The van der Waals surface area contributed by atoms with Crippen LogP contribution in [-0.2, 0) is 14.0 Å². The molecule has 10 aromatic carbocycles. The largest absolute Gasteiger partial charge is 0.462 e. The van der Waals surface area contributed by atoms with E-state index in [9.17, 15) is 39.4 Å². The minimum atomic E-state index is -1.67. The molecule has 13 aromatic rings. The summed E-state index contributed by atoms with van der Waals surface area (Å²) in [7, 11) is 7.36. The Morgan fingerprint density at radius 1 is 0.560 bits per heavy atom. The number of carbonyl (C=O) groups excluding carboxylic acids is 3. The maximum atomic E-state index is 13.6. The Balaban J connectivity index is 0.000000190. The van der Waals surface area contributed by atoms with Gasteiger partial charge in [-0.15, -0.1) is 0 Å². The van der Waals surface area contributed by atoms with Crippen molar-refractivity contribution in [2.75, 3.05) is 23.4 Å². The van der Waals surface area contributed by atoms with Gasteiger partial charge in [0.25, 0.3) is 28.1 Å². The lowest BCUT2D eigenvalue weighted by atomic mass is 10.2. The molecule has 0 atom stereocenters. The molecule has 0 saturated carbocycles. The predicted octanol–water partition coefficient (Wildman–Crippen LogP) is 22.7. The van der Waals surface area contributed by atoms with E-state index < -0.39 is 30.3 Å². The van der Waals surface area contributed by atoms with Gasteiger partial charge in [-0.05, 0) is 201 Å². The van der Waals surface area contributed by atoms with Crippen LogP contribution in [0.25, 0.3) is 39.5 Å². The van der Waals surface area contributed by atoms with Crippen LogP contribution < -0.4 is 22.3 Å². The quantitative estimate of drug-likeness (QED) is 0.0241. The highest BCUT2D eigenvalue weighted by atomic mass is 79.9. The number of hydrogen-bond acceptors (Lipinski definition) is 16. The van der Waals surface area contributed by atoms with Crippen LogP contribution in [0.1, 0.15) is 43.6 Å². The molecule has 35 heteroatoms. The van der Waals surface area contributed by atoms with Crippen molar-refractivity contribution in [3.63, 3.8) is 0 Å². The predicted molar refractivity (Wildman–Crippen MR) is 451 cm³/mol. The molecule has 0 radical (unpaired) electrons. The third-order valence-corrected chi connectivity index (χ3v) is 17.6. The molecule has 5 N–H and O–H groups in total. The first-order valence-electron chi connectivity index (χ1n) is 30.8. The summed E-state index contributed by atoms with van der Waals surface area (Å²) in [6.07, 6.45) is 2.69. The van der Waals surface area contributed by atoms with Crippen LogP contribution >= 0.6 is 155 Å². The van der Waals surface area contributed by atoms with Crippen molar-refractivity contribution >= 4 is 231 Å². The van der Waals surface area contributed by atoms with Gasteiger partial charge in [0.15, 0.2) is 5.65 Å². The number of anilines is 3. The number of nitrogens with two attached hydrogens (primary N) is 2. The van der Waals surface area contributed by atoms with E-state index in [-0.39, 0.29) is 46.2 Å². The summed E-state index contributed by atoms with van der Waals surface area (Å²) in [5, 5.41) is 35.9. The van der Waals surface area contributed by atoms with Crippen LogP contribution in [0.15, 0.2) is 283 Å². The van der Waals surface area contributed by atoms with Crippen LogP contribution in [0.5, 0.6) is 0 Å². The molecule has 3 aromatic heterocycles. The fourth-order valence-electron chi connectivity index (χ4n) is 8.85. The number of aliphatic imine (C=N–C) groups is 1. The number of halogens is 12. The van der Waals surface area contributed by atoms with Crippen LogP contribution in [0, 0.1) is 20.2 Å². The molecule has 0 spiro atoms. The van der Waals surface area contributed by atoms with Crippen LogP contribution in [0.2, 0.25) is 20.1 Å². The van der Waals surface area contributed by atoms with Gasteiger partial charge in [0.2, 0.25) is 9.23 Å². The Kier molecular flexibility index (Phi) is 34.6. The molecule has 0 saturated heterocycles. The van der Waals surface area contributed by atoms with Crippen molar-refractivity contribution in [3.8, 4) is 28.5 Å². The summed E-state index contributed by atoms with van der Waals surface area (Å²) in [6, 6.07) is 69.1. The van der Waals surface area contributed by atoms with E-state index in [1.807, 2.05) is 72.8 Å². The third-order valence-electron chi connectivity index (χ3n) is 13.9. The summed E-state index contributed by atoms with van der Waals surface area (Å²) < 4.78 is 21.9. The fourth-order valence-corrected chi connectivity index (χ4v) is 10.8. The molecular formula is C74H52Br4Cl8N12O10S. The summed E-state index contributed by atoms with van der Waals surface area (Å²) in [6.45, 7) is 1.90. The van der Waals surface area contributed by atoms with E-state index in [1.54, 1.807) is 146 Å². The molecule has 0 aliphatic carbocycles. The molecule has 0 aliphatic rings. The molecular weight excluding hydrogens is 1850 g/mol. The number of nitrogens with zero attached hydrogens (tertiary/aromatic N) is 9. The van der Waals surface area contributed by atoms with Crippen molar-refractivity contribution in [2.24, 2.45) is 4.99 Å². The van der Waals surface area contributed by atoms with Crippen molar-refractivity contribution in [1.82, 2.24) is 29.1 Å². The number of hydrogen-bond donors (Lipinski definition) is 3. The third kappa shape index (κ3) is 27.4. The topological polar surface area (TPSA) is 311 Å². The number of fused-ring (bicyclic) bond motifs is 1. The molecule has 0 bridgehead atoms. The number of carbonyl (C=O) groups is 3. The average Bonchev–Trinajstić information content (AvgIpc) is 1.68. The van der Waals surface area contributed by atoms with Gasteiger partial charge in [-0.2, -0.15) is 10.2 Å². The maximum Gasteiger partial charge on any atom is 0.343 e. The van der Waals surface area contributed by atoms with Gasteiger partial charge in [-0.1, -0.05) is 158 Å². The zero-order valence-corrected chi connectivity index (χ0v) is 68.9. The minimum absolute atomic E-state index is 0.0731. The number of benzene rings is 10. The van der Waals surface area contributed by atoms with Gasteiger partial charge >= 0.3 is 5.97 Å². The maximum absolute atomic E-state index is 13.6. The highest BCUT2D eigenvalue weighted by molar-refractivity contribution is 9.11. The summed E-state index contributed by atoms with van der Waals surface area (Å²) in [5.41, 5.74) is 17.5. The second-order valence-electron chi connectivity index (χ2n) is 21.4. The average molecular weight is 1900 g/mol. The number of nitro groups is 2. The lowest BCUT2D eigenvalue weighted by molar-refractivity contribution is -0.385. The number of aromatic nitrogens is 6. The zero-order valence-electron chi connectivity index (χ0n) is 55.7. The second kappa shape index (κ2) is 43.3. The number of nitrogen functional groups attached to an aromatic ring is 2. The van der Waals surface area contributed by atoms with Crippen LogP contribution in [0.3, 0.4) is 0 Å². The van der Waals surface area contributed by atoms with Gasteiger partial charge in [-0.3, -0.25) is 39.2 Å². The molecule has 3 heterocycles. The highest BCUT2D eigenvalue weighted by Gasteiger charge is 2.21. The van der Waals surface area contributed by atoms with Crippen molar-refractivity contribution in [2.45, 2.75) is 6.92 Å². The Morgan fingerprint density at radius 2 is 0.982 bits per heavy atom. The van der Waals surface area contributed by atoms with Gasteiger partial charge in [-0.25, -0.2) is 28.3 Å². The van der Waals surface area contributed by atoms with Crippen molar-refractivity contribution in [1.29, 1.82) is 0 Å². The number of nitrogens with one attached hydrogen (secondary N) is 1. The number of rotatable bonds is 13. The first kappa shape index (κ1) is 87.1. The Bertz CT molecular complexity index is 5390. The zero-order chi connectivity index (χ0) is 79.4. The normalized spacial score (nSPS) is 10.5.